The maximum atomic E-state index is 4.51. The molecule has 1 aliphatic rings. The molecule has 0 spiro atoms. The number of piperazine rings is 1. The molecule has 0 amide bonds. The standard InChI is InChI=1S/C15H24N6/c1-3-4-5-6-21-15-13(11-18-21)14(16-12-17-15)20-9-7-19(2)8-10-20/h11-12H,3-10H2,1-2H3. The number of aromatic nitrogens is 4. The summed E-state index contributed by atoms with van der Waals surface area (Å²) in [6.45, 7) is 7.35. The van der Waals surface area contributed by atoms with Gasteiger partial charge in [-0.15, -0.1) is 0 Å². The van der Waals surface area contributed by atoms with Crippen LogP contribution in [0.1, 0.15) is 26.2 Å². The molecule has 21 heavy (non-hydrogen) atoms. The van der Waals surface area contributed by atoms with Crippen LogP contribution >= 0.6 is 0 Å². The normalized spacial score (nSPS) is 16.8. The van der Waals surface area contributed by atoms with E-state index in [0.29, 0.717) is 0 Å². The lowest BCUT2D eigenvalue weighted by molar-refractivity contribution is 0.312. The minimum absolute atomic E-state index is 0.941. The molecule has 3 heterocycles. The second kappa shape index (κ2) is 6.39. The van der Waals surface area contributed by atoms with Gasteiger partial charge in [-0.05, 0) is 13.5 Å². The van der Waals surface area contributed by atoms with E-state index in [1.807, 2.05) is 10.9 Å². The van der Waals surface area contributed by atoms with Crippen molar-refractivity contribution in [2.75, 3.05) is 38.1 Å². The number of hydrogen-bond donors (Lipinski definition) is 0. The molecule has 0 aliphatic carbocycles. The van der Waals surface area contributed by atoms with Crippen molar-refractivity contribution in [2.45, 2.75) is 32.7 Å². The summed E-state index contributed by atoms with van der Waals surface area (Å²) in [5.41, 5.74) is 0.968. The highest BCUT2D eigenvalue weighted by molar-refractivity contribution is 5.86. The lowest BCUT2D eigenvalue weighted by Crippen LogP contribution is -2.44. The first-order valence-corrected chi connectivity index (χ1v) is 7.89. The molecule has 0 aromatic carbocycles. The minimum Gasteiger partial charge on any atom is -0.353 e. The van der Waals surface area contributed by atoms with Crippen LogP contribution in [0.3, 0.4) is 0 Å². The van der Waals surface area contributed by atoms with Crippen molar-refractivity contribution in [1.29, 1.82) is 0 Å². The molecule has 1 saturated heterocycles. The molecule has 6 nitrogen and oxygen atoms in total. The van der Waals surface area contributed by atoms with Gasteiger partial charge in [0.1, 0.15) is 12.1 Å². The number of aryl methyl sites for hydroxylation is 1. The fourth-order valence-corrected chi connectivity index (χ4v) is 2.83. The molecule has 0 saturated carbocycles. The van der Waals surface area contributed by atoms with Crippen LogP contribution in [-0.4, -0.2) is 57.9 Å². The van der Waals surface area contributed by atoms with Gasteiger partial charge in [0.05, 0.1) is 11.6 Å². The van der Waals surface area contributed by atoms with Crippen LogP contribution in [0.25, 0.3) is 11.0 Å². The molecule has 2 aromatic heterocycles. The molecular formula is C15H24N6. The van der Waals surface area contributed by atoms with Gasteiger partial charge in [0.15, 0.2) is 5.65 Å². The van der Waals surface area contributed by atoms with E-state index in [-0.39, 0.29) is 0 Å². The third-order valence-corrected chi connectivity index (χ3v) is 4.19. The van der Waals surface area contributed by atoms with Crippen LogP contribution in [0.4, 0.5) is 5.82 Å². The largest absolute Gasteiger partial charge is 0.353 e. The average Bonchev–Trinajstić information content (AvgIpc) is 2.92. The number of nitrogens with zero attached hydrogens (tertiary/aromatic N) is 6. The Morgan fingerprint density at radius 2 is 1.90 bits per heavy atom. The Bertz CT molecular complexity index is 585. The van der Waals surface area contributed by atoms with Crippen molar-refractivity contribution in [3.8, 4) is 0 Å². The maximum absolute atomic E-state index is 4.51. The average molecular weight is 288 g/mol. The van der Waals surface area contributed by atoms with Gasteiger partial charge in [0.2, 0.25) is 0 Å². The van der Waals surface area contributed by atoms with Crippen LogP contribution < -0.4 is 4.90 Å². The van der Waals surface area contributed by atoms with Crippen LogP contribution in [-0.2, 0) is 6.54 Å². The summed E-state index contributed by atoms with van der Waals surface area (Å²) in [6, 6.07) is 0. The highest BCUT2D eigenvalue weighted by atomic mass is 15.3. The number of fused-ring (bicyclic) bond motifs is 1. The van der Waals surface area contributed by atoms with E-state index >= 15 is 0 Å². The molecule has 0 unspecified atom stereocenters. The summed E-state index contributed by atoms with van der Waals surface area (Å²) in [7, 11) is 2.17. The molecule has 3 rings (SSSR count). The van der Waals surface area contributed by atoms with Crippen molar-refractivity contribution in [3.05, 3.63) is 12.5 Å². The summed E-state index contributed by atoms with van der Waals surface area (Å²) in [5, 5.41) is 5.60. The Kier molecular flexibility index (Phi) is 4.34. The van der Waals surface area contributed by atoms with E-state index in [9.17, 15) is 0 Å². The van der Waals surface area contributed by atoms with Crippen molar-refractivity contribution in [2.24, 2.45) is 0 Å². The lowest BCUT2D eigenvalue weighted by atomic mass is 10.2. The van der Waals surface area contributed by atoms with E-state index in [4.69, 9.17) is 0 Å². The fourth-order valence-electron chi connectivity index (χ4n) is 2.83. The number of rotatable bonds is 5. The quantitative estimate of drug-likeness (QED) is 0.785. The monoisotopic (exact) mass is 288 g/mol. The number of anilines is 1. The first kappa shape index (κ1) is 14.3. The second-order valence-corrected chi connectivity index (χ2v) is 5.80. The van der Waals surface area contributed by atoms with Gasteiger partial charge >= 0.3 is 0 Å². The first-order valence-electron chi connectivity index (χ1n) is 7.89. The third-order valence-electron chi connectivity index (χ3n) is 4.19. The van der Waals surface area contributed by atoms with Crippen LogP contribution in [0.15, 0.2) is 12.5 Å². The highest BCUT2D eigenvalue weighted by Crippen LogP contribution is 2.23. The van der Waals surface area contributed by atoms with Crippen molar-refractivity contribution >= 4 is 16.9 Å². The summed E-state index contributed by atoms with van der Waals surface area (Å²) < 4.78 is 2.02. The molecule has 0 radical (unpaired) electrons. The maximum Gasteiger partial charge on any atom is 0.163 e. The Balaban J connectivity index is 1.83. The zero-order valence-corrected chi connectivity index (χ0v) is 13.0. The molecule has 114 valence electrons. The molecule has 0 N–H and O–H groups in total. The first-order chi connectivity index (χ1) is 10.3. The summed E-state index contributed by atoms with van der Waals surface area (Å²) >= 11 is 0. The van der Waals surface area contributed by atoms with Gasteiger partial charge in [-0.2, -0.15) is 5.10 Å². The summed E-state index contributed by atoms with van der Waals surface area (Å²) in [6.07, 6.45) is 7.21. The Morgan fingerprint density at radius 1 is 1.10 bits per heavy atom. The summed E-state index contributed by atoms with van der Waals surface area (Å²) in [5.74, 6) is 1.04. The Hall–Kier alpha value is -1.69. The van der Waals surface area contributed by atoms with Crippen molar-refractivity contribution < 1.29 is 0 Å². The van der Waals surface area contributed by atoms with Crippen molar-refractivity contribution in [3.63, 3.8) is 0 Å². The smallest absolute Gasteiger partial charge is 0.163 e. The SMILES string of the molecule is CCCCCn1ncc2c(N3CCN(C)CC3)ncnc21. The van der Waals surface area contributed by atoms with Crippen LogP contribution in [0.2, 0.25) is 0 Å². The van der Waals surface area contributed by atoms with Crippen LogP contribution in [0, 0.1) is 0 Å². The van der Waals surface area contributed by atoms with E-state index in [1.165, 1.54) is 12.8 Å². The van der Waals surface area contributed by atoms with Gasteiger partial charge < -0.3 is 9.80 Å². The zero-order valence-electron chi connectivity index (χ0n) is 13.0. The number of unbranched alkanes of at least 4 members (excludes halogenated alkanes) is 2. The van der Waals surface area contributed by atoms with E-state index in [2.05, 4.69) is 38.8 Å². The topological polar surface area (TPSA) is 50.1 Å². The second-order valence-electron chi connectivity index (χ2n) is 5.80. The van der Waals surface area contributed by atoms with Crippen LogP contribution in [0.5, 0.6) is 0 Å². The predicted molar refractivity (Wildman–Crippen MR) is 84.6 cm³/mol. The van der Waals surface area contributed by atoms with Gasteiger partial charge in [-0.3, -0.25) is 0 Å². The third kappa shape index (κ3) is 3.00. The van der Waals surface area contributed by atoms with E-state index in [1.54, 1.807) is 6.33 Å². The predicted octanol–water partition coefficient (Wildman–Crippen LogP) is 1.77. The molecule has 0 atom stereocenters. The van der Waals surface area contributed by atoms with Crippen molar-refractivity contribution in [1.82, 2.24) is 24.6 Å². The van der Waals surface area contributed by atoms with Gasteiger partial charge in [-0.25, -0.2) is 14.6 Å². The summed E-state index contributed by atoms with van der Waals surface area (Å²) in [4.78, 5) is 13.7. The number of hydrogen-bond acceptors (Lipinski definition) is 5. The zero-order chi connectivity index (χ0) is 14.7. The van der Waals surface area contributed by atoms with Gasteiger partial charge in [-0.1, -0.05) is 19.8 Å². The molecular weight excluding hydrogens is 264 g/mol. The number of likely N-dealkylation sites (N-methyl/N-ethyl adjacent to an activating group) is 1. The fraction of sp³-hybridized carbons (Fsp3) is 0.667. The van der Waals surface area contributed by atoms with E-state index < -0.39 is 0 Å². The van der Waals surface area contributed by atoms with E-state index in [0.717, 1.165) is 56.0 Å². The lowest BCUT2D eigenvalue weighted by Gasteiger charge is -2.33. The molecule has 0 bridgehead atoms. The Morgan fingerprint density at radius 3 is 2.67 bits per heavy atom. The molecule has 1 fully saturated rings. The Labute approximate surface area is 125 Å². The molecule has 6 heteroatoms. The molecule has 1 aliphatic heterocycles. The minimum atomic E-state index is 0.941. The highest BCUT2D eigenvalue weighted by Gasteiger charge is 2.19. The molecule has 2 aromatic rings. The van der Waals surface area contributed by atoms with Gasteiger partial charge in [0.25, 0.3) is 0 Å². The van der Waals surface area contributed by atoms with Gasteiger partial charge in [0, 0.05) is 32.7 Å².